The summed E-state index contributed by atoms with van der Waals surface area (Å²) in [5.41, 5.74) is 2.82. The number of ether oxygens (including phenoxy) is 2. The Hall–Kier alpha value is -0.163. The molecule has 3 nitrogen and oxygen atoms in total. The summed E-state index contributed by atoms with van der Waals surface area (Å²) in [6.45, 7) is 10.8. The molecular weight excluding hydrogens is 256 g/mol. The first-order valence-corrected chi connectivity index (χ1v) is 11.2. The number of aliphatic hydroxyl groups excluding tert-OH is 1. The summed E-state index contributed by atoms with van der Waals surface area (Å²) >= 11 is 0. The third-order valence-corrected chi connectivity index (χ3v) is 5.49. The van der Waals surface area contributed by atoms with Crippen LogP contribution in [0.1, 0.15) is 26.2 Å². The second-order valence-corrected chi connectivity index (χ2v) is 12.6. The Morgan fingerprint density at radius 1 is 1.16 bits per heavy atom. The van der Waals surface area contributed by atoms with Gasteiger partial charge in [-0.1, -0.05) is 32.1 Å². The van der Waals surface area contributed by atoms with Gasteiger partial charge in [0, 0.05) is 14.5 Å². The van der Waals surface area contributed by atoms with Gasteiger partial charge in [0.25, 0.3) is 0 Å². The third kappa shape index (κ3) is 4.15. The molecule has 1 fully saturated rings. The maximum Gasteiger partial charge on any atom is 0.158 e. The summed E-state index contributed by atoms with van der Waals surface area (Å²) in [6, 6.07) is 1.13. The molecule has 0 aromatic heterocycles. The fourth-order valence-electron chi connectivity index (χ4n) is 3.21. The van der Waals surface area contributed by atoms with Gasteiger partial charge < -0.3 is 14.6 Å². The third-order valence-electron chi connectivity index (χ3n) is 4.05. The van der Waals surface area contributed by atoms with E-state index in [4.69, 9.17) is 9.47 Å². The van der Waals surface area contributed by atoms with Crippen molar-refractivity contribution < 1.29 is 14.6 Å². The van der Waals surface area contributed by atoms with Crippen molar-refractivity contribution in [3.63, 3.8) is 0 Å². The molecule has 0 radical (unpaired) electrons. The monoisotopic (exact) mass is 284 g/mol. The van der Waals surface area contributed by atoms with Gasteiger partial charge in [-0.25, -0.2) is 0 Å². The Morgan fingerprint density at radius 2 is 1.79 bits per heavy atom. The zero-order chi connectivity index (χ0) is 14.0. The second-order valence-electron chi connectivity index (χ2n) is 7.15. The first kappa shape index (κ1) is 15.2. The van der Waals surface area contributed by atoms with Gasteiger partial charge in [0.05, 0.1) is 19.3 Å². The molecule has 1 aliphatic carbocycles. The maximum absolute atomic E-state index is 10.3. The number of hydrogen-bond acceptors (Lipinski definition) is 3. The normalized spacial score (nSPS) is 29.5. The predicted molar refractivity (Wildman–Crippen MR) is 79.9 cm³/mol. The van der Waals surface area contributed by atoms with Crippen molar-refractivity contribution in [1.82, 2.24) is 0 Å². The molecule has 19 heavy (non-hydrogen) atoms. The molecule has 0 spiro atoms. The van der Waals surface area contributed by atoms with Gasteiger partial charge >= 0.3 is 0 Å². The summed E-state index contributed by atoms with van der Waals surface area (Å²) in [6.07, 6.45) is 2.62. The topological polar surface area (TPSA) is 38.7 Å². The molecule has 0 amide bonds. The van der Waals surface area contributed by atoms with Gasteiger partial charge in [0.15, 0.2) is 6.29 Å². The van der Waals surface area contributed by atoms with E-state index >= 15 is 0 Å². The minimum absolute atomic E-state index is 0.0226. The zero-order valence-corrected chi connectivity index (χ0v) is 13.7. The smallest absolute Gasteiger partial charge is 0.158 e. The summed E-state index contributed by atoms with van der Waals surface area (Å²) in [5, 5.41) is 10.3. The largest absolute Gasteiger partial charge is 0.389 e. The van der Waals surface area contributed by atoms with Crippen LogP contribution in [0.2, 0.25) is 25.7 Å². The molecule has 1 heterocycles. The SMILES string of the molecule is C[C@@H]1C[C@H](O)C(C[Si](C)(C)C)=C1CCC1OCCO1. The lowest BCUT2D eigenvalue weighted by atomic mass is 9.98. The van der Waals surface area contributed by atoms with Crippen molar-refractivity contribution in [2.24, 2.45) is 5.92 Å². The lowest BCUT2D eigenvalue weighted by molar-refractivity contribution is -0.0464. The Balaban J connectivity index is 2.02. The molecule has 1 saturated heterocycles. The van der Waals surface area contributed by atoms with Gasteiger partial charge in [-0.05, 0) is 30.4 Å². The van der Waals surface area contributed by atoms with Gasteiger partial charge in [-0.2, -0.15) is 0 Å². The number of allylic oxidation sites excluding steroid dienone is 1. The van der Waals surface area contributed by atoms with E-state index in [1.54, 1.807) is 0 Å². The maximum atomic E-state index is 10.3. The fourth-order valence-corrected chi connectivity index (χ4v) is 4.81. The lowest BCUT2D eigenvalue weighted by Crippen LogP contribution is -2.23. The van der Waals surface area contributed by atoms with Crippen LogP contribution in [0.4, 0.5) is 0 Å². The molecule has 2 atom stereocenters. The highest BCUT2D eigenvalue weighted by Crippen LogP contribution is 2.39. The van der Waals surface area contributed by atoms with Gasteiger partial charge in [0.2, 0.25) is 0 Å². The van der Waals surface area contributed by atoms with E-state index in [2.05, 4.69) is 26.6 Å². The van der Waals surface area contributed by atoms with Crippen LogP contribution in [0.15, 0.2) is 11.1 Å². The van der Waals surface area contributed by atoms with Crippen molar-refractivity contribution in [2.75, 3.05) is 13.2 Å². The molecule has 1 N–H and O–H groups in total. The van der Waals surface area contributed by atoms with E-state index in [1.165, 1.54) is 11.1 Å². The van der Waals surface area contributed by atoms with E-state index in [0.29, 0.717) is 5.92 Å². The summed E-state index contributed by atoms with van der Waals surface area (Å²) < 4.78 is 11.0. The quantitative estimate of drug-likeness (QED) is 0.622. The van der Waals surface area contributed by atoms with Crippen molar-refractivity contribution in [2.45, 2.75) is 64.3 Å². The van der Waals surface area contributed by atoms with Crippen LogP contribution in [0, 0.1) is 5.92 Å². The summed E-state index contributed by atoms with van der Waals surface area (Å²) in [5.74, 6) is 0.516. The Labute approximate surface area is 118 Å². The van der Waals surface area contributed by atoms with Crippen molar-refractivity contribution in [3.05, 3.63) is 11.1 Å². The Morgan fingerprint density at radius 3 is 2.37 bits per heavy atom. The van der Waals surface area contributed by atoms with E-state index in [9.17, 15) is 5.11 Å². The summed E-state index contributed by atoms with van der Waals surface area (Å²) in [4.78, 5) is 0. The van der Waals surface area contributed by atoms with Crippen LogP contribution in [-0.4, -0.2) is 38.8 Å². The molecule has 0 aromatic carbocycles. The Bertz CT molecular complexity index is 340. The minimum atomic E-state index is -1.18. The van der Waals surface area contributed by atoms with Crippen molar-refractivity contribution in [3.8, 4) is 0 Å². The minimum Gasteiger partial charge on any atom is -0.389 e. The van der Waals surface area contributed by atoms with Crippen LogP contribution >= 0.6 is 0 Å². The first-order chi connectivity index (χ1) is 8.87. The van der Waals surface area contributed by atoms with E-state index in [1.807, 2.05) is 0 Å². The average Bonchev–Trinajstić information content (AvgIpc) is 2.86. The van der Waals surface area contributed by atoms with Gasteiger partial charge in [0.1, 0.15) is 0 Å². The van der Waals surface area contributed by atoms with E-state index in [0.717, 1.165) is 38.5 Å². The molecule has 4 heteroatoms. The van der Waals surface area contributed by atoms with Gasteiger partial charge in [-0.15, -0.1) is 0 Å². The van der Waals surface area contributed by atoms with Crippen molar-refractivity contribution in [1.29, 1.82) is 0 Å². The molecule has 0 saturated carbocycles. The van der Waals surface area contributed by atoms with Crippen LogP contribution in [0.25, 0.3) is 0 Å². The predicted octanol–water partition coefficient (Wildman–Crippen LogP) is 3.18. The highest BCUT2D eigenvalue weighted by atomic mass is 28.3. The molecule has 0 bridgehead atoms. The molecule has 1 aliphatic heterocycles. The molecule has 0 unspecified atom stereocenters. The lowest BCUT2D eigenvalue weighted by Gasteiger charge is -2.21. The van der Waals surface area contributed by atoms with Crippen LogP contribution in [0.3, 0.4) is 0 Å². The number of rotatable bonds is 5. The average molecular weight is 284 g/mol. The standard InChI is InChI=1S/C15H28O3Si/c1-11-9-14(16)13(10-19(2,3)4)12(11)5-6-15-17-7-8-18-15/h11,14-16H,5-10H2,1-4H3/t11-,14+/m1/s1. The molecular formula is C15H28O3Si. The Kier molecular flexibility index (Phi) is 4.87. The second kappa shape index (κ2) is 6.08. The van der Waals surface area contributed by atoms with Gasteiger partial charge in [-0.3, -0.25) is 0 Å². The molecule has 2 aliphatic rings. The fraction of sp³-hybridized carbons (Fsp3) is 0.867. The molecule has 0 aromatic rings. The molecule has 110 valence electrons. The zero-order valence-electron chi connectivity index (χ0n) is 12.7. The van der Waals surface area contributed by atoms with Crippen LogP contribution in [-0.2, 0) is 9.47 Å². The summed E-state index contributed by atoms with van der Waals surface area (Å²) in [7, 11) is -1.18. The number of aliphatic hydroxyl groups is 1. The highest BCUT2D eigenvalue weighted by molar-refractivity contribution is 6.76. The van der Waals surface area contributed by atoms with E-state index < -0.39 is 8.07 Å². The van der Waals surface area contributed by atoms with E-state index in [-0.39, 0.29) is 12.4 Å². The van der Waals surface area contributed by atoms with Crippen molar-refractivity contribution >= 4 is 8.07 Å². The molecule has 2 rings (SSSR count). The number of hydrogen-bond donors (Lipinski definition) is 1. The van der Waals surface area contributed by atoms with Crippen LogP contribution in [0.5, 0.6) is 0 Å². The first-order valence-electron chi connectivity index (χ1n) is 7.50. The van der Waals surface area contributed by atoms with Crippen LogP contribution < -0.4 is 0 Å². The highest BCUT2D eigenvalue weighted by Gasteiger charge is 2.32.